The van der Waals surface area contributed by atoms with Crippen molar-refractivity contribution in [3.63, 3.8) is 0 Å². The quantitative estimate of drug-likeness (QED) is 0.841. The molecule has 0 unspecified atom stereocenters. The molecule has 0 radical (unpaired) electrons. The highest BCUT2D eigenvalue weighted by molar-refractivity contribution is 9.13. The Hall–Kier alpha value is -0.220. The van der Waals surface area contributed by atoms with E-state index in [1.54, 1.807) is 6.07 Å². The summed E-state index contributed by atoms with van der Waals surface area (Å²) in [5.41, 5.74) is 0.920. The third-order valence-electron chi connectivity index (χ3n) is 2.72. The molecule has 2 nitrogen and oxygen atoms in total. The molecular formula is C11H13Br2NO. The summed E-state index contributed by atoms with van der Waals surface area (Å²) in [6.07, 6.45) is 3.71. The molecule has 0 atom stereocenters. The van der Waals surface area contributed by atoms with Crippen LogP contribution in [-0.4, -0.2) is 18.2 Å². The van der Waals surface area contributed by atoms with Crippen LogP contribution in [0.15, 0.2) is 21.1 Å². The topological polar surface area (TPSA) is 23.5 Å². The summed E-state index contributed by atoms with van der Waals surface area (Å²) in [6, 6.07) is 3.59. The van der Waals surface area contributed by atoms with E-state index >= 15 is 0 Å². The van der Waals surface area contributed by atoms with E-state index in [0.29, 0.717) is 5.75 Å². The van der Waals surface area contributed by atoms with Crippen molar-refractivity contribution in [2.75, 3.05) is 18.0 Å². The number of nitrogens with zero attached hydrogens (tertiary/aromatic N) is 1. The molecule has 0 aliphatic carbocycles. The van der Waals surface area contributed by atoms with Crippen molar-refractivity contribution in [2.24, 2.45) is 0 Å². The smallest absolute Gasteiger partial charge is 0.140 e. The van der Waals surface area contributed by atoms with Crippen LogP contribution in [0, 0.1) is 0 Å². The van der Waals surface area contributed by atoms with Crippen molar-refractivity contribution >= 4 is 37.5 Å². The zero-order chi connectivity index (χ0) is 10.8. The van der Waals surface area contributed by atoms with E-state index in [4.69, 9.17) is 0 Å². The number of benzene rings is 1. The van der Waals surface area contributed by atoms with E-state index in [9.17, 15) is 5.11 Å². The number of hydrogen-bond acceptors (Lipinski definition) is 2. The predicted octanol–water partition coefficient (Wildman–Crippen LogP) is 3.91. The third-order valence-corrected chi connectivity index (χ3v) is 4.72. The lowest BCUT2D eigenvalue weighted by atomic mass is 10.1. The Labute approximate surface area is 107 Å². The third kappa shape index (κ3) is 2.31. The van der Waals surface area contributed by atoms with Gasteiger partial charge in [0.05, 0.1) is 10.2 Å². The second kappa shape index (κ2) is 4.74. The molecule has 0 saturated carbocycles. The highest BCUT2D eigenvalue weighted by Crippen LogP contribution is 2.40. The number of anilines is 1. The van der Waals surface area contributed by atoms with Crippen molar-refractivity contribution in [2.45, 2.75) is 19.3 Å². The first-order chi connectivity index (χ1) is 7.20. The lowest BCUT2D eigenvalue weighted by molar-refractivity contribution is 0.469. The van der Waals surface area contributed by atoms with Crippen LogP contribution in [0.5, 0.6) is 5.75 Å². The first kappa shape index (κ1) is 11.3. The van der Waals surface area contributed by atoms with Crippen molar-refractivity contribution < 1.29 is 5.11 Å². The fourth-order valence-electron chi connectivity index (χ4n) is 1.95. The van der Waals surface area contributed by atoms with Crippen LogP contribution in [0.3, 0.4) is 0 Å². The van der Waals surface area contributed by atoms with Crippen molar-refractivity contribution in [1.82, 2.24) is 0 Å². The molecule has 0 aromatic heterocycles. The van der Waals surface area contributed by atoms with Crippen LogP contribution in [-0.2, 0) is 0 Å². The van der Waals surface area contributed by atoms with Crippen LogP contribution in [0.25, 0.3) is 0 Å². The second-order valence-electron chi connectivity index (χ2n) is 3.78. The maximum Gasteiger partial charge on any atom is 0.140 e. The number of phenols is 1. The molecule has 0 spiro atoms. The Bertz CT molecular complexity index is 362. The molecule has 1 aromatic carbocycles. The molecule has 2 rings (SSSR count). The first-order valence-electron chi connectivity index (χ1n) is 5.12. The van der Waals surface area contributed by atoms with E-state index in [-0.39, 0.29) is 0 Å². The van der Waals surface area contributed by atoms with Gasteiger partial charge in [-0.2, -0.15) is 0 Å². The summed E-state index contributed by atoms with van der Waals surface area (Å²) in [5.74, 6) is 0.354. The van der Waals surface area contributed by atoms with E-state index in [2.05, 4.69) is 36.8 Å². The minimum Gasteiger partial charge on any atom is -0.506 e. The lowest BCUT2D eigenvalue weighted by Gasteiger charge is -2.30. The number of piperidine rings is 1. The minimum atomic E-state index is 0.354. The summed E-state index contributed by atoms with van der Waals surface area (Å²) in [6.45, 7) is 2.06. The monoisotopic (exact) mass is 333 g/mol. The Balaban J connectivity index is 2.36. The highest BCUT2D eigenvalue weighted by atomic mass is 79.9. The van der Waals surface area contributed by atoms with Crippen molar-refractivity contribution in [1.29, 1.82) is 0 Å². The van der Waals surface area contributed by atoms with Gasteiger partial charge in [-0.25, -0.2) is 0 Å². The van der Waals surface area contributed by atoms with Crippen LogP contribution in [0.2, 0.25) is 0 Å². The van der Waals surface area contributed by atoms with Crippen LogP contribution in [0.1, 0.15) is 19.3 Å². The fraction of sp³-hybridized carbons (Fsp3) is 0.455. The molecule has 0 amide bonds. The SMILES string of the molecule is Oc1ccc(Br)c(Br)c1N1CCCCC1. The number of phenolic OH excluding ortho intramolecular Hbond substituents is 1. The van der Waals surface area contributed by atoms with E-state index in [1.807, 2.05) is 6.07 Å². The van der Waals surface area contributed by atoms with Crippen LogP contribution >= 0.6 is 31.9 Å². The van der Waals surface area contributed by atoms with Gasteiger partial charge in [-0.15, -0.1) is 0 Å². The predicted molar refractivity (Wildman–Crippen MR) is 69.6 cm³/mol. The average molecular weight is 335 g/mol. The number of hydrogen-bond donors (Lipinski definition) is 1. The molecule has 1 saturated heterocycles. The van der Waals surface area contributed by atoms with E-state index < -0.39 is 0 Å². The molecule has 1 fully saturated rings. The van der Waals surface area contributed by atoms with Gasteiger partial charge in [0.25, 0.3) is 0 Å². The molecule has 82 valence electrons. The Morgan fingerprint density at radius 2 is 1.73 bits per heavy atom. The summed E-state index contributed by atoms with van der Waals surface area (Å²) in [7, 11) is 0. The van der Waals surface area contributed by atoms with Gasteiger partial charge in [0.15, 0.2) is 0 Å². The van der Waals surface area contributed by atoms with Gasteiger partial charge >= 0.3 is 0 Å². The molecule has 1 aliphatic rings. The highest BCUT2D eigenvalue weighted by Gasteiger charge is 2.18. The molecule has 1 aromatic rings. The molecule has 1 aliphatic heterocycles. The lowest BCUT2D eigenvalue weighted by Crippen LogP contribution is -2.29. The van der Waals surface area contributed by atoms with E-state index in [1.165, 1.54) is 19.3 Å². The zero-order valence-corrected chi connectivity index (χ0v) is 11.5. The molecule has 1 heterocycles. The number of aromatic hydroxyl groups is 1. The van der Waals surface area contributed by atoms with Gasteiger partial charge in [-0.3, -0.25) is 0 Å². The molecular weight excluding hydrogens is 322 g/mol. The number of rotatable bonds is 1. The van der Waals surface area contributed by atoms with Gasteiger partial charge in [0.1, 0.15) is 5.75 Å². The summed E-state index contributed by atoms with van der Waals surface area (Å²) in [4.78, 5) is 2.24. The maximum absolute atomic E-state index is 9.88. The zero-order valence-electron chi connectivity index (χ0n) is 8.34. The normalized spacial score (nSPS) is 16.8. The van der Waals surface area contributed by atoms with Gasteiger partial charge in [0, 0.05) is 17.6 Å². The average Bonchev–Trinajstić information content (AvgIpc) is 2.26. The van der Waals surface area contributed by atoms with Gasteiger partial charge in [-0.1, -0.05) is 0 Å². The Morgan fingerprint density at radius 3 is 2.40 bits per heavy atom. The summed E-state index contributed by atoms with van der Waals surface area (Å²) in [5, 5.41) is 9.88. The van der Waals surface area contributed by atoms with E-state index in [0.717, 1.165) is 27.7 Å². The summed E-state index contributed by atoms with van der Waals surface area (Å²) >= 11 is 6.98. The number of halogens is 2. The van der Waals surface area contributed by atoms with Gasteiger partial charge < -0.3 is 10.0 Å². The standard InChI is InChI=1S/C11H13Br2NO/c12-8-4-5-9(15)11(10(8)13)14-6-2-1-3-7-14/h4-5,15H,1-3,6-7H2. The molecule has 0 bridgehead atoms. The van der Waals surface area contributed by atoms with Crippen LogP contribution in [0.4, 0.5) is 5.69 Å². The Kier molecular flexibility index (Phi) is 3.57. The van der Waals surface area contributed by atoms with Gasteiger partial charge in [-0.05, 0) is 63.3 Å². The second-order valence-corrected chi connectivity index (χ2v) is 5.42. The Morgan fingerprint density at radius 1 is 1.07 bits per heavy atom. The first-order valence-corrected chi connectivity index (χ1v) is 6.70. The van der Waals surface area contributed by atoms with Crippen LogP contribution < -0.4 is 4.90 Å². The molecule has 15 heavy (non-hydrogen) atoms. The van der Waals surface area contributed by atoms with Crippen molar-refractivity contribution in [3.05, 3.63) is 21.1 Å². The largest absolute Gasteiger partial charge is 0.506 e. The summed E-state index contributed by atoms with van der Waals surface area (Å²) < 4.78 is 1.94. The minimum absolute atomic E-state index is 0.354. The van der Waals surface area contributed by atoms with Crippen molar-refractivity contribution in [3.8, 4) is 5.75 Å². The molecule has 4 heteroatoms. The maximum atomic E-state index is 9.88. The van der Waals surface area contributed by atoms with Gasteiger partial charge in [0.2, 0.25) is 0 Å². The molecule has 1 N–H and O–H groups in total. The fourth-order valence-corrected chi connectivity index (χ4v) is 2.85.